The minimum absolute atomic E-state index is 0.459. The van der Waals surface area contributed by atoms with Crippen molar-refractivity contribution in [3.8, 4) is 0 Å². The Morgan fingerprint density at radius 3 is 2.58 bits per heavy atom. The summed E-state index contributed by atoms with van der Waals surface area (Å²) in [6.07, 6.45) is 0.983. The Bertz CT molecular complexity index is 300. The third-order valence-electron chi connectivity index (χ3n) is 1.80. The fraction of sp³-hybridized carbons (Fsp3) is 0.333. The van der Waals surface area contributed by atoms with Crippen molar-refractivity contribution in [3.63, 3.8) is 0 Å². The van der Waals surface area contributed by atoms with E-state index in [0.29, 0.717) is 6.54 Å². The Morgan fingerprint density at radius 2 is 2.00 bits per heavy atom. The van der Waals surface area contributed by atoms with Crippen LogP contribution in [0.1, 0.15) is 18.1 Å². The van der Waals surface area contributed by atoms with E-state index in [2.05, 4.69) is 23.0 Å². The molecule has 0 spiro atoms. The third-order valence-corrected chi connectivity index (χ3v) is 1.80. The molecule has 0 radical (unpaired) electrons. The van der Waals surface area contributed by atoms with Crippen molar-refractivity contribution in [2.75, 3.05) is 0 Å². The van der Waals surface area contributed by atoms with Crippen molar-refractivity contribution in [3.05, 3.63) is 45.8 Å². The lowest BCUT2D eigenvalue weighted by Crippen LogP contribution is -1.89. The second-order valence-electron chi connectivity index (χ2n) is 2.51. The number of azide groups is 1. The Kier molecular flexibility index (Phi) is 3.17. The second-order valence-corrected chi connectivity index (χ2v) is 2.51. The fourth-order valence-electron chi connectivity index (χ4n) is 1.16. The van der Waals surface area contributed by atoms with E-state index in [-0.39, 0.29) is 0 Å². The van der Waals surface area contributed by atoms with Crippen molar-refractivity contribution >= 4 is 0 Å². The summed E-state index contributed by atoms with van der Waals surface area (Å²) in [5.74, 6) is 0. The van der Waals surface area contributed by atoms with Crippen LogP contribution in [-0.2, 0) is 13.0 Å². The summed E-state index contributed by atoms with van der Waals surface area (Å²) >= 11 is 0. The summed E-state index contributed by atoms with van der Waals surface area (Å²) in [5, 5.41) is 3.53. The van der Waals surface area contributed by atoms with Crippen LogP contribution < -0.4 is 0 Å². The molecule has 0 heterocycles. The van der Waals surface area contributed by atoms with E-state index in [1.54, 1.807) is 0 Å². The lowest BCUT2D eigenvalue weighted by molar-refractivity contribution is 0.991. The number of hydrogen-bond donors (Lipinski definition) is 0. The van der Waals surface area contributed by atoms with Crippen LogP contribution in [0.15, 0.2) is 29.4 Å². The number of nitrogens with zero attached hydrogens (tertiary/aromatic N) is 3. The molecule has 0 aromatic heterocycles. The maximum Gasteiger partial charge on any atom is 0.0513 e. The van der Waals surface area contributed by atoms with Gasteiger partial charge in [-0.05, 0) is 23.1 Å². The molecule has 0 saturated heterocycles. The van der Waals surface area contributed by atoms with E-state index in [1.165, 1.54) is 5.56 Å². The van der Waals surface area contributed by atoms with Gasteiger partial charge in [-0.1, -0.05) is 36.3 Å². The molecule has 1 aromatic carbocycles. The molecular formula is C9H11N3. The highest BCUT2D eigenvalue weighted by Gasteiger charge is 1.96. The molecule has 0 fully saturated rings. The minimum Gasteiger partial charge on any atom is -0.0893 e. The molecule has 0 unspecified atom stereocenters. The molecule has 3 heteroatoms. The molecule has 62 valence electrons. The molecular weight excluding hydrogens is 150 g/mol. The smallest absolute Gasteiger partial charge is 0.0513 e. The van der Waals surface area contributed by atoms with Gasteiger partial charge >= 0.3 is 0 Å². The second kappa shape index (κ2) is 4.42. The molecule has 0 atom stereocenters. The molecule has 0 aliphatic rings. The van der Waals surface area contributed by atoms with Gasteiger partial charge in [0.1, 0.15) is 0 Å². The van der Waals surface area contributed by atoms with Gasteiger partial charge in [-0.3, -0.25) is 0 Å². The van der Waals surface area contributed by atoms with E-state index in [9.17, 15) is 0 Å². The zero-order valence-corrected chi connectivity index (χ0v) is 7.07. The molecule has 0 bridgehead atoms. The average molecular weight is 161 g/mol. The molecule has 0 saturated carbocycles. The Balaban J connectivity index is 2.88. The lowest BCUT2D eigenvalue weighted by atomic mass is 10.1. The zero-order chi connectivity index (χ0) is 8.81. The Labute approximate surface area is 71.7 Å². The largest absolute Gasteiger partial charge is 0.0893 e. The summed E-state index contributed by atoms with van der Waals surface area (Å²) in [6, 6.07) is 8.01. The molecule has 0 aliphatic carbocycles. The first-order chi connectivity index (χ1) is 5.88. The molecule has 0 N–H and O–H groups in total. The van der Waals surface area contributed by atoms with E-state index in [1.807, 2.05) is 18.2 Å². The van der Waals surface area contributed by atoms with Gasteiger partial charge in [0.25, 0.3) is 0 Å². The first-order valence-corrected chi connectivity index (χ1v) is 3.96. The van der Waals surface area contributed by atoms with Crippen LogP contribution >= 0.6 is 0 Å². The Hall–Kier alpha value is -1.47. The standard InChI is InChI=1S/C9H11N3/c1-2-8-5-3-4-6-9(8)7-11-12-10/h3-6H,2,7H2,1H3. The van der Waals surface area contributed by atoms with Crippen LogP contribution in [0.25, 0.3) is 10.4 Å². The van der Waals surface area contributed by atoms with Crippen molar-refractivity contribution in [2.45, 2.75) is 19.9 Å². The van der Waals surface area contributed by atoms with E-state index in [4.69, 9.17) is 5.53 Å². The van der Waals surface area contributed by atoms with E-state index >= 15 is 0 Å². The highest BCUT2D eigenvalue weighted by molar-refractivity contribution is 5.26. The normalized spacial score (nSPS) is 9.08. The fourth-order valence-corrected chi connectivity index (χ4v) is 1.16. The van der Waals surface area contributed by atoms with Crippen LogP contribution in [0.2, 0.25) is 0 Å². The van der Waals surface area contributed by atoms with Gasteiger partial charge in [-0.15, -0.1) is 0 Å². The number of hydrogen-bond acceptors (Lipinski definition) is 1. The maximum atomic E-state index is 8.15. The predicted molar refractivity (Wildman–Crippen MR) is 48.7 cm³/mol. The van der Waals surface area contributed by atoms with Crippen molar-refractivity contribution in [1.29, 1.82) is 0 Å². The zero-order valence-electron chi connectivity index (χ0n) is 7.07. The SMILES string of the molecule is CCc1ccccc1CN=[N+]=[N-]. The van der Waals surface area contributed by atoms with Gasteiger partial charge in [-0.2, -0.15) is 0 Å². The first-order valence-electron chi connectivity index (χ1n) is 3.96. The third kappa shape index (κ3) is 2.01. The molecule has 1 rings (SSSR count). The topological polar surface area (TPSA) is 48.8 Å². The van der Waals surface area contributed by atoms with Gasteiger partial charge in [-0.25, -0.2) is 0 Å². The predicted octanol–water partition coefficient (Wildman–Crippen LogP) is 3.06. The van der Waals surface area contributed by atoms with Crippen LogP contribution in [-0.4, -0.2) is 0 Å². The Morgan fingerprint density at radius 1 is 1.33 bits per heavy atom. The van der Waals surface area contributed by atoms with Crippen molar-refractivity contribution in [1.82, 2.24) is 0 Å². The highest BCUT2D eigenvalue weighted by Crippen LogP contribution is 2.10. The summed E-state index contributed by atoms with van der Waals surface area (Å²) in [6.45, 7) is 2.55. The van der Waals surface area contributed by atoms with Crippen LogP contribution in [0.3, 0.4) is 0 Å². The number of aryl methyl sites for hydroxylation is 1. The summed E-state index contributed by atoms with van der Waals surface area (Å²) < 4.78 is 0. The number of benzene rings is 1. The quantitative estimate of drug-likeness (QED) is 0.371. The lowest BCUT2D eigenvalue weighted by Gasteiger charge is -2.02. The van der Waals surface area contributed by atoms with Crippen molar-refractivity contribution < 1.29 is 0 Å². The van der Waals surface area contributed by atoms with Crippen LogP contribution in [0.4, 0.5) is 0 Å². The monoisotopic (exact) mass is 161 g/mol. The summed E-state index contributed by atoms with van der Waals surface area (Å²) in [4.78, 5) is 2.73. The van der Waals surface area contributed by atoms with Gasteiger partial charge in [0.15, 0.2) is 0 Å². The molecule has 0 aliphatic heterocycles. The van der Waals surface area contributed by atoms with E-state index < -0.39 is 0 Å². The maximum absolute atomic E-state index is 8.15. The molecule has 0 amide bonds. The minimum atomic E-state index is 0.459. The first kappa shape index (κ1) is 8.62. The molecule has 1 aromatic rings. The number of rotatable bonds is 3. The molecule has 12 heavy (non-hydrogen) atoms. The van der Waals surface area contributed by atoms with Crippen LogP contribution in [0.5, 0.6) is 0 Å². The van der Waals surface area contributed by atoms with Gasteiger partial charge < -0.3 is 0 Å². The highest BCUT2D eigenvalue weighted by atomic mass is 15.1. The van der Waals surface area contributed by atoms with Gasteiger partial charge in [0, 0.05) is 4.91 Å². The van der Waals surface area contributed by atoms with E-state index in [0.717, 1.165) is 12.0 Å². The van der Waals surface area contributed by atoms with Crippen LogP contribution in [0, 0.1) is 0 Å². The average Bonchev–Trinajstić information content (AvgIpc) is 2.15. The van der Waals surface area contributed by atoms with Gasteiger partial charge in [0.05, 0.1) is 6.54 Å². The molecule has 3 nitrogen and oxygen atoms in total. The summed E-state index contributed by atoms with van der Waals surface area (Å²) in [7, 11) is 0. The van der Waals surface area contributed by atoms with Crippen molar-refractivity contribution in [2.24, 2.45) is 5.11 Å². The van der Waals surface area contributed by atoms with Gasteiger partial charge in [0.2, 0.25) is 0 Å². The summed E-state index contributed by atoms with van der Waals surface area (Å²) in [5.41, 5.74) is 10.5.